The van der Waals surface area contributed by atoms with Gasteiger partial charge in [-0.3, -0.25) is 0 Å². The molecule has 1 fully saturated rings. The van der Waals surface area contributed by atoms with Crippen LogP contribution in [0.2, 0.25) is 0 Å². The van der Waals surface area contributed by atoms with Gasteiger partial charge in [-0.05, 0) is 44.2 Å². The molecule has 3 nitrogen and oxygen atoms in total. The molecular formula is C14H25N3S. The SMILES string of the molecule is CSCCCCCn1cncc1C1CCCNC1. The molecule has 4 heteroatoms. The van der Waals surface area contributed by atoms with Crippen LogP contribution in [-0.4, -0.2) is 34.6 Å². The number of unbranched alkanes of at least 4 members (excludes halogenated alkanes) is 2. The minimum Gasteiger partial charge on any atom is -0.334 e. The number of imidazole rings is 1. The van der Waals surface area contributed by atoms with Gasteiger partial charge in [0.1, 0.15) is 0 Å². The van der Waals surface area contributed by atoms with E-state index in [-0.39, 0.29) is 0 Å². The van der Waals surface area contributed by atoms with E-state index in [2.05, 4.69) is 27.3 Å². The summed E-state index contributed by atoms with van der Waals surface area (Å²) >= 11 is 1.95. The maximum Gasteiger partial charge on any atom is 0.0948 e. The summed E-state index contributed by atoms with van der Waals surface area (Å²) in [7, 11) is 0. The van der Waals surface area contributed by atoms with Crippen molar-refractivity contribution in [1.82, 2.24) is 14.9 Å². The van der Waals surface area contributed by atoms with Crippen LogP contribution < -0.4 is 5.32 Å². The second-order valence-electron chi connectivity index (χ2n) is 5.11. The van der Waals surface area contributed by atoms with E-state index in [4.69, 9.17) is 0 Å². The van der Waals surface area contributed by atoms with Crippen molar-refractivity contribution in [2.75, 3.05) is 25.1 Å². The van der Waals surface area contributed by atoms with Crippen LogP contribution >= 0.6 is 11.8 Å². The molecule has 1 aliphatic heterocycles. The van der Waals surface area contributed by atoms with Crippen LogP contribution in [0.15, 0.2) is 12.5 Å². The van der Waals surface area contributed by atoms with Crippen LogP contribution in [-0.2, 0) is 6.54 Å². The van der Waals surface area contributed by atoms with Crippen LogP contribution in [0.25, 0.3) is 0 Å². The highest BCUT2D eigenvalue weighted by molar-refractivity contribution is 7.98. The fraction of sp³-hybridized carbons (Fsp3) is 0.786. The van der Waals surface area contributed by atoms with Gasteiger partial charge in [-0.2, -0.15) is 11.8 Å². The van der Waals surface area contributed by atoms with Gasteiger partial charge < -0.3 is 9.88 Å². The Morgan fingerprint density at radius 1 is 1.44 bits per heavy atom. The highest BCUT2D eigenvalue weighted by atomic mass is 32.2. The number of nitrogens with one attached hydrogen (secondary N) is 1. The fourth-order valence-corrected chi connectivity index (χ4v) is 3.16. The van der Waals surface area contributed by atoms with Gasteiger partial charge in [0, 0.05) is 30.9 Å². The average molecular weight is 267 g/mol. The summed E-state index contributed by atoms with van der Waals surface area (Å²) in [5, 5.41) is 3.49. The molecule has 0 saturated carbocycles. The molecule has 1 aromatic heterocycles. The Morgan fingerprint density at radius 2 is 2.39 bits per heavy atom. The van der Waals surface area contributed by atoms with Crippen LogP contribution in [0, 0.1) is 0 Å². The third-order valence-electron chi connectivity index (χ3n) is 3.71. The van der Waals surface area contributed by atoms with E-state index in [0.29, 0.717) is 5.92 Å². The van der Waals surface area contributed by atoms with Gasteiger partial charge in [0.25, 0.3) is 0 Å². The number of thioether (sulfide) groups is 1. The zero-order chi connectivity index (χ0) is 12.6. The second kappa shape index (κ2) is 7.85. The Hall–Kier alpha value is -0.480. The monoisotopic (exact) mass is 267 g/mol. The second-order valence-corrected chi connectivity index (χ2v) is 6.09. The van der Waals surface area contributed by atoms with E-state index in [9.17, 15) is 0 Å². The molecule has 0 aromatic carbocycles. The molecular weight excluding hydrogens is 242 g/mol. The lowest BCUT2D eigenvalue weighted by Gasteiger charge is -2.23. The molecule has 0 aliphatic carbocycles. The summed E-state index contributed by atoms with van der Waals surface area (Å²) in [5.74, 6) is 1.97. The molecule has 0 spiro atoms. The molecule has 1 aromatic rings. The van der Waals surface area contributed by atoms with E-state index >= 15 is 0 Å². The van der Waals surface area contributed by atoms with Gasteiger partial charge in [0.05, 0.1) is 6.33 Å². The Bertz CT molecular complexity index is 332. The van der Waals surface area contributed by atoms with E-state index in [1.807, 2.05) is 18.1 Å². The van der Waals surface area contributed by atoms with Crippen molar-refractivity contribution in [2.24, 2.45) is 0 Å². The summed E-state index contributed by atoms with van der Waals surface area (Å²) in [4.78, 5) is 4.34. The highest BCUT2D eigenvalue weighted by Crippen LogP contribution is 2.23. The lowest BCUT2D eigenvalue weighted by molar-refractivity contribution is 0.437. The van der Waals surface area contributed by atoms with E-state index in [1.165, 1.54) is 50.1 Å². The largest absolute Gasteiger partial charge is 0.334 e. The molecule has 0 bridgehead atoms. The van der Waals surface area contributed by atoms with E-state index in [0.717, 1.165) is 13.1 Å². The molecule has 18 heavy (non-hydrogen) atoms. The molecule has 1 unspecified atom stereocenters. The molecule has 2 rings (SSSR count). The van der Waals surface area contributed by atoms with Gasteiger partial charge in [-0.1, -0.05) is 6.42 Å². The summed E-state index contributed by atoms with van der Waals surface area (Å²) in [5.41, 5.74) is 1.44. The van der Waals surface area contributed by atoms with Crippen LogP contribution in [0.4, 0.5) is 0 Å². The van der Waals surface area contributed by atoms with Crippen LogP contribution in [0.5, 0.6) is 0 Å². The van der Waals surface area contributed by atoms with Crippen molar-refractivity contribution in [3.8, 4) is 0 Å². The van der Waals surface area contributed by atoms with Crippen molar-refractivity contribution in [3.05, 3.63) is 18.2 Å². The first-order valence-corrected chi connectivity index (χ1v) is 8.51. The zero-order valence-corrected chi connectivity index (χ0v) is 12.2. The number of nitrogens with zero attached hydrogens (tertiary/aromatic N) is 2. The topological polar surface area (TPSA) is 29.9 Å². The molecule has 2 heterocycles. The summed E-state index contributed by atoms with van der Waals surface area (Å²) < 4.78 is 2.37. The van der Waals surface area contributed by atoms with Gasteiger partial charge in [-0.15, -0.1) is 0 Å². The standard InChI is InChI=1S/C14H25N3S/c1-18-9-4-2-3-8-17-12-16-11-14(17)13-6-5-7-15-10-13/h11-13,15H,2-10H2,1H3. The normalized spacial score (nSPS) is 20.2. The Kier molecular flexibility index (Phi) is 6.08. The van der Waals surface area contributed by atoms with Crippen molar-refractivity contribution >= 4 is 11.8 Å². The molecule has 1 N–H and O–H groups in total. The van der Waals surface area contributed by atoms with Crippen molar-refractivity contribution in [3.63, 3.8) is 0 Å². The quantitative estimate of drug-likeness (QED) is 0.770. The van der Waals surface area contributed by atoms with Gasteiger partial charge >= 0.3 is 0 Å². The number of rotatable bonds is 7. The Morgan fingerprint density at radius 3 is 3.17 bits per heavy atom. The van der Waals surface area contributed by atoms with Crippen LogP contribution in [0.3, 0.4) is 0 Å². The third kappa shape index (κ3) is 4.02. The molecule has 102 valence electrons. The average Bonchev–Trinajstić information content (AvgIpc) is 2.88. The fourth-order valence-electron chi connectivity index (χ4n) is 2.67. The van der Waals surface area contributed by atoms with E-state index in [1.54, 1.807) is 0 Å². The zero-order valence-electron chi connectivity index (χ0n) is 11.4. The van der Waals surface area contributed by atoms with E-state index < -0.39 is 0 Å². The Labute approximate surface area is 115 Å². The molecule has 1 atom stereocenters. The predicted octanol–water partition coefficient (Wildman–Crippen LogP) is 2.88. The number of aryl methyl sites for hydroxylation is 1. The van der Waals surface area contributed by atoms with Crippen molar-refractivity contribution in [1.29, 1.82) is 0 Å². The van der Waals surface area contributed by atoms with Crippen LogP contribution in [0.1, 0.15) is 43.7 Å². The Balaban J connectivity index is 1.79. The van der Waals surface area contributed by atoms with Gasteiger partial charge in [0.2, 0.25) is 0 Å². The lowest BCUT2D eigenvalue weighted by atomic mass is 9.96. The summed E-state index contributed by atoms with van der Waals surface area (Å²) in [6.45, 7) is 3.44. The summed E-state index contributed by atoms with van der Waals surface area (Å²) in [6, 6.07) is 0. The van der Waals surface area contributed by atoms with Crippen molar-refractivity contribution < 1.29 is 0 Å². The van der Waals surface area contributed by atoms with Gasteiger partial charge in [-0.25, -0.2) is 4.98 Å². The highest BCUT2D eigenvalue weighted by Gasteiger charge is 2.18. The minimum atomic E-state index is 0.674. The van der Waals surface area contributed by atoms with Crippen molar-refractivity contribution in [2.45, 2.75) is 44.6 Å². The first kappa shape index (κ1) is 13.9. The smallest absolute Gasteiger partial charge is 0.0948 e. The molecule has 1 aliphatic rings. The lowest BCUT2D eigenvalue weighted by Crippen LogP contribution is -2.29. The first-order chi connectivity index (χ1) is 8.92. The number of hydrogen-bond donors (Lipinski definition) is 1. The maximum atomic E-state index is 4.34. The summed E-state index contributed by atoms with van der Waals surface area (Å²) in [6.07, 6.45) is 12.8. The predicted molar refractivity (Wildman–Crippen MR) is 79.3 cm³/mol. The third-order valence-corrected chi connectivity index (χ3v) is 4.40. The molecule has 1 saturated heterocycles. The number of hydrogen-bond acceptors (Lipinski definition) is 3. The first-order valence-electron chi connectivity index (χ1n) is 7.11. The number of piperidine rings is 1. The maximum absolute atomic E-state index is 4.34. The molecule has 0 radical (unpaired) electrons. The number of aromatic nitrogens is 2. The van der Waals surface area contributed by atoms with Gasteiger partial charge in [0.15, 0.2) is 0 Å². The minimum absolute atomic E-state index is 0.674. The molecule has 0 amide bonds.